The highest BCUT2D eigenvalue weighted by molar-refractivity contribution is 6.21. The molecule has 1 aliphatic rings. The molecule has 1 aromatic carbocycles. The van der Waals surface area contributed by atoms with Crippen LogP contribution in [-0.4, -0.2) is 72.3 Å². The van der Waals surface area contributed by atoms with Crippen LogP contribution in [0.25, 0.3) is 0 Å². The number of benzene rings is 1. The van der Waals surface area contributed by atoms with Crippen LogP contribution in [0.3, 0.4) is 0 Å². The standard InChI is InChI=1S/C20H23N3O9/c1-11(17(27)22-14(20(30)31)6-7-16(25)26)21-15(24)10-32-9-8-23-18(28)12-4-2-3-5-13(12)19(23)29/h2-5,11,14H,6-10H2,1H3,(H,21,24)(H,22,27)(H,25,26)(H,30,31)/p-2/t11-,14+/m1/s1. The Morgan fingerprint density at radius 1 is 1.03 bits per heavy atom. The van der Waals surface area contributed by atoms with Gasteiger partial charge in [-0.25, -0.2) is 0 Å². The van der Waals surface area contributed by atoms with Gasteiger partial charge in [0.05, 0.1) is 36.3 Å². The van der Waals surface area contributed by atoms with Gasteiger partial charge in [-0.1, -0.05) is 12.1 Å². The summed E-state index contributed by atoms with van der Waals surface area (Å²) in [6.45, 7) is 0.628. The third-order valence-electron chi connectivity index (χ3n) is 4.58. The minimum atomic E-state index is -1.67. The molecule has 0 saturated heterocycles. The summed E-state index contributed by atoms with van der Waals surface area (Å²) in [5.74, 6) is -5.62. The fraction of sp³-hybridized carbons (Fsp3) is 0.400. The molecule has 12 heteroatoms. The van der Waals surface area contributed by atoms with Gasteiger partial charge < -0.3 is 35.2 Å². The van der Waals surface area contributed by atoms with Crippen LogP contribution < -0.4 is 20.8 Å². The van der Waals surface area contributed by atoms with Gasteiger partial charge in [0.25, 0.3) is 11.8 Å². The second kappa shape index (κ2) is 11.0. The first-order valence-electron chi connectivity index (χ1n) is 9.65. The Morgan fingerprint density at radius 3 is 2.16 bits per heavy atom. The van der Waals surface area contributed by atoms with E-state index in [1.807, 2.05) is 0 Å². The van der Waals surface area contributed by atoms with E-state index in [-0.39, 0.29) is 13.2 Å². The molecule has 0 spiro atoms. The number of carbonyl (C=O) groups is 6. The van der Waals surface area contributed by atoms with Gasteiger partial charge in [-0.05, 0) is 31.9 Å². The summed E-state index contributed by atoms with van der Waals surface area (Å²) < 4.78 is 5.15. The third kappa shape index (κ3) is 6.35. The predicted octanol–water partition coefficient (Wildman–Crippen LogP) is -3.43. The lowest BCUT2D eigenvalue weighted by molar-refractivity contribution is -0.310. The second-order valence-electron chi connectivity index (χ2n) is 6.94. The van der Waals surface area contributed by atoms with Crippen molar-refractivity contribution in [1.29, 1.82) is 0 Å². The number of rotatable bonds is 12. The average Bonchev–Trinajstić information content (AvgIpc) is 2.98. The van der Waals surface area contributed by atoms with E-state index in [2.05, 4.69) is 10.6 Å². The van der Waals surface area contributed by atoms with Crippen LogP contribution in [0.1, 0.15) is 40.5 Å². The molecule has 0 unspecified atom stereocenters. The molecule has 1 aliphatic heterocycles. The SMILES string of the molecule is C[C@@H](NC(=O)COCCN1C(=O)c2ccccc2C1=O)C(=O)N[C@@H](CCC(=O)[O-])C(=O)[O-]. The molecule has 4 amide bonds. The Balaban J connectivity index is 1.73. The largest absolute Gasteiger partial charge is 0.550 e. The summed E-state index contributed by atoms with van der Waals surface area (Å²) in [6.07, 6.45) is -1.03. The van der Waals surface area contributed by atoms with Gasteiger partial charge in [0.1, 0.15) is 12.6 Å². The Labute approximate surface area is 182 Å². The summed E-state index contributed by atoms with van der Waals surface area (Å²) in [5.41, 5.74) is 0.592. The Morgan fingerprint density at radius 2 is 1.62 bits per heavy atom. The molecule has 0 aliphatic carbocycles. The Kier molecular flexibility index (Phi) is 8.41. The number of aliphatic carboxylic acids is 2. The van der Waals surface area contributed by atoms with Gasteiger partial charge >= 0.3 is 0 Å². The van der Waals surface area contributed by atoms with E-state index in [0.29, 0.717) is 11.1 Å². The van der Waals surface area contributed by atoms with E-state index >= 15 is 0 Å². The number of carbonyl (C=O) groups excluding carboxylic acids is 6. The maximum Gasteiger partial charge on any atom is 0.261 e. The monoisotopic (exact) mass is 447 g/mol. The van der Waals surface area contributed by atoms with Crippen LogP contribution in [0.5, 0.6) is 0 Å². The molecule has 0 saturated carbocycles. The lowest BCUT2D eigenvalue weighted by Gasteiger charge is -2.22. The van der Waals surface area contributed by atoms with Crippen molar-refractivity contribution in [3.05, 3.63) is 35.4 Å². The molecule has 0 radical (unpaired) electrons. The maximum absolute atomic E-state index is 12.2. The molecule has 2 N–H and O–H groups in total. The summed E-state index contributed by atoms with van der Waals surface area (Å²) in [6, 6.07) is 3.66. The van der Waals surface area contributed by atoms with E-state index in [0.717, 1.165) is 4.90 Å². The number of carboxylic acid groups (broad SMARTS) is 2. The highest BCUT2D eigenvalue weighted by Crippen LogP contribution is 2.21. The highest BCUT2D eigenvalue weighted by atomic mass is 16.5. The molecule has 1 heterocycles. The number of amides is 4. The molecule has 2 atom stereocenters. The van der Waals surface area contributed by atoms with Crippen molar-refractivity contribution < 1.29 is 43.7 Å². The lowest BCUT2D eigenvalue weighted by atomic mass is 10.1. The molecule has 0 fully saturated rings. The molecule has 0 aromatic heterocycles. The van der Waals surface area contributed by atoms with Gasteiger partial charge in [-0.15, -0.1) is 0 Å². The van der Waals surface area contributed by atoms with E-state index in [4.69, 9.17) is 4.74 Å². The summed E-state index contributed by atoms with van der Waals surface area (Å²) in [7, 11) is 0. The Hall–Kier alpha value is -3.80. The van der Waals surface area contributed by atoms with Crippen molar-refractivity contribution in [1.82, 2.24) is 15.5 Å². The number of fused-ring (bicyclic) bond motifs is 1. The number of hydrogen-bond donors (Lipinski definition) is 2. The number of ether oxygens (including phenoxy) is 1. The van der Waals surface area contributed by atoms with Gasteiger partial charge in [-0.2, -0.15) is 0 Å². The van der Waals surface area contributed by atoms with Gasteiger partial charge in [0.15, 0.2) is 0 Å². The van der Waals surface area contributed by atoms with E-state index in [1.54, 1.807) is 24.3 Å². The minimum Gasteiger partial charge on any atom is -0.550 e. The van der Waals surface area contributed by atoms with Gasteiger partial charge in [0, 0.05) is 5.97 Å². The first-order valence-corrected chi connectivity index (χ1v) is 9.65. The number of hydrogen-bond acceptors (Lipinski definition) is 9. The van der Waals surface area contributed by atoms with Crippen LogP contribution in [0.15, 0.2) is 24.3 Å². The van der Waals surface area contributed by atoms with Crippen molar-refractivity contribution in [2.75, 3.05) is 19.8 Å². The van der Waals surface area contributed by atoms with Crippen molar-refractivity contribution in [3.8, 4) is 0 Å². The quantitative estimate of drug-likeness (QED) is 0.243. The topological polar surface area (TPSA) is 185 Å². The highest BCUT2D eigenvalue weighted by Gasteiger charge is 2.34. The zero-order valence-corrected chi connectivity index (χ0v) is 17.1. The maximum atomic E-state index is 12.2. The van der Waals surface area contributed by atoms with Gasteiger partial charge in [0.2, 0.25) is 11.8 Å². The third-order valence-corrected chi connectivity index (χ3v) is 4.58. The van der Waals surface area contributed by atoms with Crippen molar-refractivity contribution in [2.45, 2.75) is 31.8 Å². The fourth-order valence-electron chi connectivity index (χ4n) is 2.92. The van der Waals surface area contributed by atoms with Gasteiger partial charge in [-0.3, -0.25) is 24.1 Å². The zero-order valence-electron chi connectivity index (χ0n) is 17.1. The smallest absolute Gasteiger partial charge is 0.261 e. The molecule has 32 heavy (non-hydrogen) atoms. The van der Waals surface area contributed by atoms with Crippen molar-refractivity contribution in [3.63, 3.8) is 0 Å². The summed E-state index contributed by atoms with van der Waals surface area (Å²) in [4.78, 5) is 70.8. The molecule has 0 bridgehead atoms. The van der Waals surface area contributed by atoms with Crippen LogP contribution in [0.4, 0.5) is 0 Å². The molecule has 172 valence electrons. The molecule has 1 aromatic rings. The van der Waals surface area contributed by atoms with Crippen LogP contribution in [-0.2, 0) is 23.9 Å². The van der Waals surface area contributed by atoms with E-state index in [1.165, 1.54) is 6.92 Å². The van der Waals surface area contributed by atoms with Crippen molar-refractivity contribution >= 4 is 35.6 Å². The average molecular weight is 447 g/mol. The van der Waals surface area contributed by atoms with Crippen LogP contribution in [0.2, 0.25) is 0 Å². The zero-order chi connectivity index (χ0) is 23.8. The van der Waals surface area contributed by atoms with E-state index in [9.17, 15) is 39.0 Å². The van der Waals surface area contributed by atoms with Crippen LogP contribution >= 0.6 is 0 Å². The number of imide groups is 1. The molecular weight excluding hydrogens is 426 g/mol. The minimum absolute atomic E-state index is 0.0681. The first-order chi connectivity index (χ1) is 15.1. The normalized spacial score (nSPS) is 14.5. The molecule has 2 rings (SSSR count). The Bertz CT molecular complexity index is 896. The predicted molar refractivity (Wildman–Crippen MR) is 101 cm³/mol. The number of nitrogens with one attached hydrogen (secondary N) is 2. The summed E-state index contributed by atoms with van der Waals surface area (Å²) >= 11 is 0. The number of carboxylic acids is 2. The summed E-state index contributed by atoms with van der Waals surface area (Å²) in [5, 5.41) is 25.8. The number of nitrogens with zero attached hydrogens (tertiary/aromatic N) is 1. The van der Waals surface area contributed by atoms with E-state index < -0.39 is 67.1 Å². The lowest BCUT2D eigenvalue weighted by Crippen LogP contribution is -2.54. The fourth-order valence-corrected chi connectivity index (χ4v) is 2.92. The van der Waals surface area contributed by atoms with Crippen molar-refractivity contribution in [2.24, 2.45) is 0 Å². The molecular formula is C20H21N3O9-2. The molecule has 12 nitrogen and oxygen atoms in total. The second-order valence-corrected chi connectivity index (χ2v) is 6.94. The first kappa shape index (κ1) is 24.5. The van der Waals surface area contributed by atoms with Crippen LogP contribution in [0, 0.1) is 0 Å².